The summed E-state index contributed by atoms with van der Waals surface area (Å²) in [5.41, 5.74) is 0. The SMILES string of the molecule is CC(C)N(C(C)C)[PH+]1O[PH+](N(C(C)C)C(C)C)O[PH+](N(C(C)C)C(C)C)O[PH+](N(C(C)C)C(C)C)O[PH+](N(C(C)C)C(C)C)O1.[C-]#[O+].[C-]#[O+].[C-]#[O+].[C-]#[O+].[C-]#[O+].[C-]#[O+].[C-]#[O+].[Cr+3].[Cr+4]. The summed E-state index contributed by atoms with van der Waals surface area (Å²) in [5, 5.41) is 0. The van der Waals surface area contributed by atoms with E-state index in [1.807, 2.05) is 0 Å². The van der Waals surface area contributed by atoms with Crippen molar-refractivity contribution in [3.8, 4) is 0 Å². The summed E-state index contributed by atoms with van der Waals surface area (Å²) in [4.78, 5) is 0. The molecule has 0 saturated carbocycles. The van der Waals surface area contributed by atoms with Crippen LogP contribution in [0.25, 0.3) is 0 Å². The summed E-state index contributed by atoms with van der Waals surface area (Å²) < 4.78 is 101. The first-order valence-electron chi connectivity index (χ1n) is 18.7. The summed E-state index contributed by atoms with van der Waals surface area (Å²) in [6.07, 6.45) is 0. The molecule has 1 heterocycles. The molecule has 1 radical (unpaired) electrons. The van der Waals surface area contributed by atoms with Gasteiger partial charge in [-0.05, 0) is 138 Å². The van der Waals surface area contributed by atoms with Crippen LogP contribution in [-0.2, 0) is 88.8 Å². The molecule has 345 valence electrons. The minimum Gasteiger partial charge on any atom is 3.00 e. The molecule has 61 heavy (non-hydrogen) atoms. The van der Waals surface area contributed by atoms with Gasteiger partial charge >= 0.3 is 156 Å². The molecule has 0 amide bonds. The maximum atomic E-state index is 7.50. The van der Waals surface area contributed by atoms with Gasteiger partial charge in [0.25, 0.3) is 0 Å². The fraction of sp³-hybridized carbons (Fsp3) is 0.811. The second-order valence-electron chi connectivity index (χ2n) is 14.8. The molecule has 1 aliphatic rings. The molecule has 0 bridgehead atoms. The zero-order valence-electron chi connectivity index (χ0n) is 39.7. The maximum Gasteiger partial charge on any atom is 4.00 e. The molecule has 0 unspecified atom stereocenters. The Balaban J connectivity index is -0.000000218. The third kappa shape index (κ3) is 32.4. The molecule has 0 aromatic heterocycles. The van der Waals surface area contributed by atoms with E-state index >= 15 is 0 Å². The number of hydrogen-bond donors (Lipinski definition) is 0. The molecule has 1 rings (SSSR count). The zero-order chi connectivity index (χ0) is 49.1. The van der Waals surface area contributed by atoms with E-state index in [0.29, 0.717) is 0 Å². The molecule has 1 aliphatic heterocycles. The molecule has 1 saturated heterocycles. The van der Waals surface area contributed by atoms with E-state index in [9.17, 15) is 0 Å². The van der Waals surface area contributed by atoms with E-state index in [1.54, 1.807) is 0 Å². The van der Waals surface area contributed by atoms with Crippen molar-refractivity contribution in [3.05, 3.63) is 46.6 Å². The number of hydrogen-bond acceptors (Lipinski definition) is 10. The van der Waals surface area contributed by atoms with Crippen molar-refractivity contribution < 1.29 is 88.8 Å². The van der Waals surface area contributed by atoms with Gasteiger partial charge in [-0.1, -0.05) is 0 Å². The summed E-state index contributed by atoms with van der Waals surface area (Å²) in [6, 6.07) is 2.25. The largest absolute Gasteiger partial charge is 4.00 e. The predicted octanol–water partition coefficient (Wildman–Crippen LogP) is 10.2. The Morgan fingerprint density at radius 1 is 0.246 bits per heavy atom. The average molecular weight is 1040 g/mol. The Morgan fingerprint density at radius 3 is 0.361 bits per heavy atom. The fourth-order valence-electron chi connectivity index (χ4n) is 6.09. The molecule has 24 heteroatoms. The molecule has 0 spiro atoms. The van der Waals surface area contributed by atoms with Gasteiger partial charge in [0.1, 0.15) is 0 Å². The third-order valence-electron chi connectivity index (χ3n) is 7.49. The zero-order valence-corrected chi connectivity index (χ0v) is 47.3. The first-order valence-corrected chi connectivity index (χ1v) is 25.0. The maximum absolute atomic E-state index is 7.50. The van der Waals surface area contributed by atoms with Crippen molar-refractivity contribution in [2.45, 2.75) is 199 Å². The topological polar surface area (TPSA) is 202 Å². The molecule has 0 aliphatic carbocycles. The Bertz CT molecular complexity index is 893. The quantitative estimate of drug-likeness (QED) is 0.0863. The minimum absolute atomic E-state index is 0. The molecule has 0 aromatic rings. The van der Waals surface area contributed by atoms with Crippen LogP contribution >= 0.6 is 42.6 Å². The molecule has 17 nitrogen and oxygen atoms in total. The van der Waals surface area contributed by atoms with E-state index in [4.69, 9.17) is 54.1 Å². The molecule has 0 atom stereocenters. The predicted molar refractivity (Wildman–Crippen MR) is 235 cm³/mol. The summed E-state index contributed by atoms with van der Waals surface area (Å²) in [5.74, 6) is 0. The third-order valence-corrected chi connectivity index (χ3v) is 21.7. The summed E-state index contributed by atoms with van der Waals surface area (Å²) in [7, 11) is -10.2. The van der Waals surface area contributed by atoms with Crippen LogP contribution in [0.1, 0.15) is 138 Å². The van der Waals surface area contributed by atoms with Gasteiger partial charge in [-0.2, -0.15) is 0 Å². The van der Waals surface area contributed by atoms with Crippen LogP contribution in [0.2, 0.25) is 0 Å². The van der Waals surface area contributed by atoms with E-state index < -0.39 is 42.6 Å². The van der Waals surface area contributed by atoms with Gasteiger partial charge in [0.15, 0.2) is 0 Å². The van der Waals surface area contributed by atoms with Crippen LogP contribution in [0.4, 0.5) is 0 Å². The molecule has 1 fully saturated rings. The standard InChI is InChI=1S/C30H70N5O5P5.7CO.2Cr/c1-21(2)31(22(3)4)41-36-42(32(23(5)6)24(7)8)38-44(34(27(13)14)28(15)16)40-45(35(29(17)18)30(19)20)39-43(37-41)33(25(9)10)26(11)12;7*1-2;;/h21-30H,1-20H3;;;;;;;;;/q;;;;;;;;+3;+4/p+5. The van der Waals surface area contributed by atoms with Gasteiger partial charge < -0.3 is 0 Å². The normalized spacial score (nSPS) is 18.7. The van der Waals surface area contributed by atoms with Crippen molar-refractivity contribution in [1.29, 1.82) is 0 Å². The average Bonchev–Trinajstić information content (AvgIpc) is 3.15. The van der Waals surface area contributed by atoms with Crippen LogP contribution in [0.15, 0.2) is 0 Å². The van der Waals surface area contributed by atoms with Crippen molar-refractivity contribution >= 4 is 42.6 Å². The van der Waals surface area contributed by atoms with Crippen molar-refractivity contribution in [3.63, 3.8) is 0 Å². The molecule has 0 aromatic carbocycles. The van der Waals surface area contributed by atoms with Gasteiger partial charge in [-0.3, -0.25) is 0 Å². The van der Waals surface area contributed by atoms with Crippen molar-refractivity contribution in [2.24, 2.45) is 0 Å². The van der Waals surface area contributed by atoms with E-state index in [0.717, 1.165) is 0 Å². The van der Waals surface area contributed by atoms with Gasteiger partial charge in [-0.15, -0.1) is 23.4 Å². The molecule has 0 N–H and O–H groups in total. The van der Waals surface area contributed by atoms with Crippen LogP contribution in [0, 0.1) is 46.6 Å². The fourth-order valence-corrected chi connectivity index (χ4v) is 20.2. The van der Waals surface area contributed by atoms with E-state index in [2.05, 4.69) is 208 Å². The first-order chi connectivity index (χ1) is 27.6. The Morgan fingerprint density at radius 2 is 0.311 bits per heavy atom. The van der Waals surface area contributed by atoms with Crippen LogP contribution in [0.5, 0.6) is 0 Å². The van der Waals surface area contributed by atoms with Gasteiger partial charge in [0.2, 0.25) is 0 Å². The monoisotopic (exact) mass is 1040 g/mol. The van der Waals surface area contributed by atoms with Gasteiger partial charge in [-0.25, -0.2) is 0 Å². The van der Waals surface area contributed by atoms with E-state index in [1.165, 1.54) is 0 Å². The second kappa shape index (κ2) is 50.4. The van der Waals surface area contributed by atoms with E-state index in [-0.39, 0.29) is 95.1 Å². The number of rotatable bonds is 15. The number of nitrogens with zero attached hydrogens (tertiary/aromatic N) is 5. The van der Waals surface area contributed by atoms with Crippen LogP contribution in [0.3, 0.4) is 0 Å². The van der Waals surface area contributed by atoms with Gasteiger partial charge in [0.05, 0.1) is 0 Å². The smallest absolute Gasteiger partial charge is 3.00 e. The Labute approximate surface area is 398 Å². The van der Waals surface area contributed by atoms with Crippen molar-refractivity contribution in [1.82, 2.24) is 23.4 Å². The molecular formula is C37H75Cr2N5O12P5+12. The Hall–Kier alpha value is 0.995. The van der Waals surface area contributed by atoms with Crippen molar-refractivity contribution in [2.75, 3.05) is 0 Å². The second-order valence-corrected chi connectivity index (χ2v) is 24.1. The van der Waals surface area contributed by atoms with Gasteiger partial charge in [0, 0.05) is 82.0 Å². The summed E-state index contributed by atoms with van der Waals surface area (Å²) >= 11 is 0. The Kier molecular flexibility index (Phi) is 67.9. The van der Waals surface area contributed by atoms with Crippen LogP contribution < -0.4 is 0 Å². The molecular weight excluding hydrogens is 965 g/mol. The summed E-state index contributed by atoms with van der Waals surface area (Å²) in [6.45, 7) is 76.2. The first kappa shape index (κ1) is 82.1. The van der Waals surface area contributed by atoms with Crippen LogP contribution in [-0.4, -0.2) is 83.8 Å². The minimum atomic E-state index is -2.05.